The van der Waals surface area contributed by atoms with E-state index >= 15 is 0 Å². The Bertz CT molecular complexity index is 729. The third kappa shape index (κ3) is 5.71. The Hall–Kier alpha value is -2.56. The van der Waals surface area contributed by atoms with Gasteiger partial charge in [0.1, 0.15) is 5.76 Å². The molecule has 1 aliphatic rings. The largest absolute Gasteiger partial charge is 0.491 e. The summed E-state index contributed by atoms with van der Waals surface area (Å²) in [6.45, 7) is 10.3. The fourth-order valence-corrected chi connectivity index (χ4v) is 3.04. The van der Waals surface area contributed by atoms with E-state index in [0.29, 0.717) is 35.5 Å². The van der Waals surface area contributed by atoms with E-state index < -0.39 is 0 Å². The molecule has 0 heterocycles. The minimum atomic E-state index is 0.301. The average Bonchev–Trinajstić information content (AvgIpc) is 2.64. The molecule has 27 heavy (non-hydrogen) atoms. The van der Waals surface area contributed by atoms with Crippen LogP contribution < -0.4 is 10.6 Å². The molecule has 5 nitrogen and oxygen atoms in total. The lowest BCUT2D eigenvalue weighted by molar-refractivity contribution is 0.213. The first-order chi connectivity index (χ1) is 13.0. The van der Waals surface area contributed by atoms with Gasteiger partial charge in [-0.25, -0.2) is 4.99 Å². The first-order valence-corrected chi connectivity index (χ1v) is 9.82. The summed E-state index contributed by atoms with van der Waals surface area (Å²) >= 11 is 0. The normalized spacial score (nSPS) is 15.7. The fourth-order valence-electron chi connectivity index (χ4n) is 3.04. The van der Waals surface area contributed by atoms with Crippen LogP contribution in [0.25, 0.3) is 0 Å². The summed E-state index contributed by atoms with van der Waals surface area (Å²) in [6.07, 6.45) is 6.65. The Morgan fingerprint density at radius 2 is 1.81 bits per heavy atom. The molecule has 0 bridgehead atoms. The zero-order valence-corrected chi connectivity index (χ0v) is 17.0. The lowest BCUT2D eigenvalue weighted by Crippen LogP contribution is -2.30. The Balaban J connectivity index is 2.16. The van der Waals surface area contributed by atoms with Gasteiger partial charge in [0.25, 0.3) is 0 Å². The third-order valence-electron chi connectivity index (χ3n) is 4.53. The number of rotatable bonds is 9. The van der Waals surface area contributed by atoms with Crippen LogP contribution in [0, 0.1) is 5.41 Å². The van der Waals surface area contributed by atoms with Crippen molar-refractivity contribution >= 4 is 22.8 Å². The second-order valence-electron chi connectivity index (χ2n) is 6.97. The molecule has 1 aromatic rings. The third-order valence-corrected chi connectivity index (χ3v) is 4.53. The number of benzene rings is 1. The van der Waals surface area contributed by atoms with E-state index in [-0.39, 0.29) is 0 Å². The Labute approximate surface area is 163 Å². The molecule has 0 saturated carbocycles. The van der Waals surface area contributed by atoms with E-state index in [4.69, 9.17) is 15.9 Å². The summed E-state index contributed by atoms with van der Waals surface area (Å²) in [7, 11) is 0. The van der Waals surface area contributed by atoms with Crippen molar-refractivity contribution in [2.45, 2.75) is 53.0 Å². The van der Waals surface area contributed by atoms with Gasteiger partial charge in [-0.1, -0.05) is 19.8 Å². The van der Waals surface area contributed by atoms with Gasteiger partial charge < -0.3 is 15.4 Å². The number of ether oxygens (including phenoxy) is 1. The lowest BCUT2D eigenvalue weighted by Gasteiger charge is -2.27. The second-order valence-corrected chi connectivity index (χ2v) is 6.97. The number of nitrogens with one attached hydrogen (secondary N) is 1. The molecule has 0 aliphatic heterocycles. The minimum Gasteiger partial charge on any atom is -0.491 e. The van der Waals surface area contributed by atoms with Gasteiger partial charge in [0.15, 0.2) is 0 Å². The van der Waals surface area contributed by atoms with Gasteiger partial charge in [0, 0.05) is 24.4 Å². The predicted molar refractivity (Wildman–Crippen MR) is 115 cm³/mol. The summed E-state index contributed by atoms with van der Waals surface area (Å²) in [5.74, 6) is 0.606. The van der Waals surface area contributed by atoms with Gasteiger partial charge in [0.05, 0.1) is 29.4 Å². The first-order valence-electron chi connectivity index (χ1n) is 9.82. The van der Waals surface area contributed by atoms with Gasteiger partial charge in [-0.05, 0) is 57.5 Å². The molecule has 1 aromatic carbocycles. The SMILES string of the molecule is CCCCCOC1=CC(=Nc2ccc(N(CC)C(C)C)cc2)C(=N)C=C1N. The van der Waals surface area contributed by atoms with E-state index in [1.807, 2.05) is 12.1 Å². The summed E-state index contributed by atoms with van der Waals surface area (Å²) in [4.78, 5) is 6.94. The van der Waals surface area contributed by atoms with Gasteiger partial charge in [-0.2, -0.15) is 0 Å². The molecule has 0 unspecified atom stereocenters. The van der Waals surface area contributed by atoms with Crippen molar-refractivity contribution in [2.24, 2.45) is 10.7 Å². The van der Waals surface area contributed by atoms with Crippen molar-refractivity contribution in [3.05, 3.63) is 47.9 Å². The van der Waals surface area contributed by atoms with Crippen LogP contribution in [0.5, 0.6) is 0 Å². The second kappa shape index (κ2) is 9.95. The maximum Gasteiger partial charge on any atom is 0.144 e. The van der Waals surface area contributed by atoms with Crippen molar-refractivity contribution in [1.82, 2.24) is 0 Å². The van der Waals surface area contributed by atoms with Gasteiger partial charge in [-0.15, -0.1) is 0 Å². The number of anilines is 1. The van der Waals surface area contributed by atoms with Crippen molar-refractivity contribution < 1.29 is 4.74 Å². The number of unbranched alkanes of at least 4 members (excludes halogenated alkanes) is 2. The standard InChI is InChI=1S/C22H32N4O/c1-5-7-8-13-27-22-15-21(19(23)14-20(22)24)25-17-9-11-18(12-10-17)26(6-2)16(3)4/h9-12,14-16,23H,5-8,13,24H2,1-4H3. The number of allylic oxidation sites excluding steroid dienone is 2. The Morgan fingerprint density at radius 1 is 1.11 bits per heavy atom. The maximum absolute atomic E-state index is 8.16. The number of nitrogens with two attached hydrogens (primary N) is 1. The first kappa shape index (κ1) is 20.7. The molecule has 2 rings (SSSR count). The highest BCUT2D eigenvalue weighted by molar-refractivity contribution is 6.50. The number of hydrogen-bond donors (Lipinski definition) is 2. The van der Waals surface area contributed by atoms with E-state index in [9.17, 15) is 0 Å². The van der Waals surface area contributed by atoms with Crippen molar-refractivity contribution in [1.29, 1.82) is 5.41 Å². The zero-order valence-electron chi connectivity index (χ0n) is 17.0. The van der Waals surface area contributed by atoms with E-state index in [1.165, 1.54) is 5.69 Å². The number of nitrogens with zero attached hydrogens (tertiary/aromatic N) is 2. The lowest BCUT2D eigenvalue weighted by atomic mass is 10.1. The highest BCUT2D eigenvalue weighted by atomic mass is 16.5. The average molecular weight is 369 g/mol. The van der Waals surface area contributed by atoms with E-state index in [0.717, 1.165) is 31.5 Å². The van der Waals surface area contributed by atoms with Crippen molar-refractivity contribution in [3.8, 4) is 0 Å². The highest BCUT2D eigenvalue weighted by Gasteiger charge is 2.16. The quantitative estimate of drug-likeness (QED) is 0.478. The molecule has 0 fully saturated rings. The van der Waals surface area contributed by atoms with Crippen LogP contribution in [0.3, 0.4) is 0 Å². The summed E-state index contributed by atoms with van der Waals surface area (Å²) in [5, 5.41) is 8.16. The number of aliphatic imine (C=N–C) groups is 1. The van der Waals surface area contributed by atoms with Crippen LogP contribution in [0.15, 0.2) is 52.9 Å². The topological polar surface area (TPSA) is 74.7 Å². The van der Waals surface area contributed by atoms with Crippen molar-refractivity contribution in [3.63, 3.8) is 0 Å². The minimum absolute atomic E-state index is 0.301. The monoisotopic (exact) mass is 368 g/mol. The number of hydrogen-bond acceptors (Lipinski definition) is 5. The van der Waals surface area contributed by atoms with Crippen LogP contribution in [0.4, 0.5) is 11.4 Å². The van der Waals surface area contributed by atoms with Gasteiger partial charge in [0.2, 0.25) is 0 Å². The molecule has 5 heteroatoms. The molecule has 0 atom stereocenters. The van der Waals surface area contributed by atoms with Crippen LogP contribution in [-0.2, 0) is 4.74 Å². The molecule has 0 saturated heterocycles. The highest BCUT2D eigenvalue weighted by Crippen LogP contribution is 2.23. The molecule has 146 valence electrons. The van der Waals surface area contributed by atoms with Crippen LogP contribution in [0.2, 0.25) is 0 Å². The molecule has 0 radical (unpaired) electrons. The fraction of sp³-hybridized carbons (Fsp3) is 0.455. The zero-order chi connectivity index (χ0) is 19.8. The molecule has 0 amide bonds. The van der Waals surface area contributed by atoms with E-state index in [2.05, 4.69) is 49.7 Å². The van der Waals surface area contributed by atoms with Crippen molar-refractivity contribution in [2.75, 3.05) is 18.1 Å². The van der Waals surface area contributed by atoms with Gasteiger partial charge >= 0.3 is 0 Å². The molecule has 1 aliphatic carbocycles. The molecular formula is C22H32N4O. The maximum atomic E-state index is 8.16. The molecule has 3 N–H and O–H groups in total. The molecular weight excluding hydrogens is 336 g/mol. The Morgan fingerprint density at radius 3 is 2.41 bits per heavy atom. The summed E-state index contributed by atoms with van der Waals surface area (Å²) < 4.78 is 5.79. The van der Waals surface area contributed by atoms with E-state index in [1.54, 1.807) is 12.2 Å². The van der Waals surface area contributed by atoms with Crippen LogP contribution in [0.1, 0.15) is 47.0 Å². The predicted octanol–water partition coefficient (Wildman–Crippen LogP) is 4.96. The summed E-state index contributed by atoms with van der Waals surface area (Å²) in [5.41, 5.74) is 9.35. The smallest absolute Gasteiger partial charge is 0.144 e. The van der Waals surface area contributed by atoms with Crippen LogP contribution >= 0.6 is 0 Å². The Kier molecular flexibility index (Phi) is 7.65. The molecule has 0 aromatic heterocycles. The van der Waals surface area contributed by atoms with Crippen LogP contribution in [-0.4, -0.2) is 30.6 Å². The summed E-state index contributed by atoms with van der Waals surface area (Å²) in [6, 6.07) is 8.56. The van der Waals surface area contributed by atoms with Gasteiger partial charge in [-0.3, -0.25) is 5.41 Å². The molecule has 0 spiro atoms.